The topological polar surface area (TPSA) is 59.1 Å². The van der Waals surface area contributed by atoms with Crippen LogP contribution in [0.2, 0.25) is 5.02 Å². The third-order valence-electron chi connectivity index (χ3n) is 3.60. The third-order valence-corrected chi connectivity index (χ3v) is 5.68. The summed E-state index contributed by atoms with van der Waals surface area (Å²) < 4.78 is 28.7. The second-order valence-electron chi connectivity index (χ2n) is 5.48. The maximum absolute atomic E-state index is 12.7. The van der Waals surface area contributed by atoms with Crippen LogP contribution in [0, 0.1) is 6.92 Å². The van der Waals surface area contributed by atoms with Crippen molar-refractivity contribution in [2.75, 3.05) is 4.72 Å². The Morgan fingerprint density at radius 1 is 1.04 bits per heavy atom. The molecule has 1 N–H and O–H groups in total. The van der Waals surface area contributed by atoms with E-state index in [4.69, 9.17) is 11.6 Å². The van der Waals surface area contributed by atoms with Crippen LogP contribution < -0.4 is 4.72 Å². The van der Waals surface area contributed by atoms with E-state index in [1.54, 1.807) is 54.7 Å². The van der Waals surface area contributed by atoms with Gasteiger partial charge in [-0.3, -0.25) is 4.72 Å². The lowest BCUT2D eigenvalue weighted by molar-refractivity contribution is 0.601. The predicted octanol–water partition coefficient (Wildman–Crippen LogP) is 5.27. The van der Waals surface area contributed by atoms with Gasteiger partial charge in [-0.1, -0.05) is 35.4 Å². The first-order valence-electron chi connectivity index (χ1n) is 7.36. The summed E-state index contributed by atoms with van der Waals surface area (Å²) >= 11 is 9.38. The van der Waals surface area contributed by atoms with Gasteiger partial charge in [-0.15, -0.1) is 0 Å². The first-order valence-corrected chi connectivity index (χ1v) is 10.0. The minimum atomic E-state index is -3.70. The Labute approximate surface area is 160 Å². The molecule has 3 aromatic rings. The highest BCUT2D eigenvalue weighted by Gasteiger charge is 2.17. The number of nitrogens with one attached hydrogen (secondary N) is 1. The quantitative estimate of drug-likeness (QED) is 0.565. The zero-order valence-corrected chi connectivity index (χ0v) is 16.4. The zero-order chi connectivity index (χ0) is 18.0. The highest BCUT2D eigenvalue weighted by atomic mass is 79.9. The Morgan fingerprint density at radius 3 is 2.40 bits per heavy atom. The van der Waals surface area contributed by atoms with Gasteiger partial charge in [0.2, 0.25) is 0 Å². The molecule has 0 atom stereocenters. The van der Waals surface area contributed by atoms with E-state index in [0.717, 1.165) is 11.1 Å². The molecule has 0 spiro atoms. The molecule has 2 aromatic carbocycles. The summed E-state index contributed by atoms with van der Waals surface area (Å²) in [6, 6.07) is 15.3. The normalized spacial score (nSPS) is 11.3. The number of nitrogens with zero attached hydrogens (tertiary/aromatic N) is 1. The Kier molecular flexibility index (Phi) is 5.13. The molecule has 0 fully saturated rings. The van der Waals surface area contributed by atoms with Gasteiger partial charge in [-0.25, -0.2) is 13.4 Å². The molecule has 4 nitrogen and oxygen atoms in total. The van der Waals surface area contributed by atoms with Crippen molar-refractivity contribution in [2.45, 2.75) is 11.8 Å². The number of rotatable bonds is 4. The largest absolute Gasteiger partial charge is 0.279 e. The number of anilines is 1. The molecule has 25 heavy (non-hydrogen) atoms. The number of pyridine rings is 1. The number of aromatic nitrogens is 1. The Hall–Kier alpha value is -1.89. The smallest absolute Gasteiger partial charge is 0.261 e. The molecular weight excluding hydrogens is 424 g/mol. The summed E-state index contributed by atoms with van der Waals surface area (Å²) in [6.45, 7) is 1.90. The van der Waals surface area contributed by atoms with E-state index in [1.165, 1.54) is 0 Å². The van der Waals surface area contributed by atoms with E-state index >= 15 is 0 Å². The van der Waals surface area contributed by atoms with Crippen LogP contribution in [0.4, 0.5) is 5.69 Å². The predicted molar refractivity (Wildman–Crippen MR) is 104 cm³/mol. The Balaban J connectivity index is 2.03. The first kappa shape index (κ1) is 17.9. The van der Waals surface area contributed by atoms with Crippen LogP contribution in [0.1, 0.15) is 5.56 Å². The van der Waals surface area contributed by atoms with Crippen LogP contribution in [0.5, 0.6) is 0 Å². The van der Waals surface area contributed by atoms with Gasteiger partial charge in [-0.2, -0.15) is 0 Å². The number of aryl methyl sites for hydroxylation is 1. The second-order valence-corrected chi connectivity index (χ2v) is 8.41. The van der Waals surface area contributed by atoms with Crippen LogP contribution in [-0.2, 0) is 10.0 Å². The summed E-state index contributed by atoms with van der Waals surface area (Å²) in [7, 11) is -3.70. The second kappa shape index (κ2) is 7.15. The minimum absolute atomic E-state index is 0.202. The van der Waals surface area contributed by atoms with E-state index in [1.807, 2.05) is 13.0 Å². The van der Waals surface area contributed by atoms with Gasteiger partial charge in [0.15, 0.2) is 0 Å². The van der Waals surface area contributed by atoms with E-state index in [9.17, 15) is 8.42 Å². The fraction of sp³-hybridized carbons (Fsp3) is 0.0556. The molecule has 0 aliphatic carbocycles. The van der Waals surface area contributed by atoms with E-state index < -0.39 is 10.0 Å². The lowest BCUT2D eigenvalue weighted by Gasteiger charge is -2.13. The SMILES string of the molecule is Cc1ccc(S(=O)(=O)Nc2ccc(Cl)cc2-c2ccc(Br)nc2)cc1. The molecule has 7 heteroatoms. The lowest BCUT2D eigenvalue weighted by Crippen LogP contribution is -2.13. The van der Waals surface area contributed by atoms with Crippen LogP contribution in [-0.4, -0.2) is 13.4 Å². The third kappa shape index (κ3) is 4.21. The van der Waals surface area contributed by atoms with Gasteiger partial charge < -0.3 is 0 Å². The average molecular weight is 438 g/mol. The highest BCUT2D eigenvalue weighted by molar-refractivity contribution is 9.10. The first-order chi connectivity index (χ1) is 11.8. The van der Waals surface area contributed by atoms with Crippen LogP contribution in [0.25, 0.3) is 11.1 Å². The Bertz CT molecular complexity index is 1000. The molecule has 0 bridgehead atoms. The zero-order valence-electron chi connectivity index (χ0n) is 13.2. The van der Waals surface area contributed by atoms with Gasteiger partial charge in [0, 0.05) is 22.3 Å². The molecule has 3 rings (SSSR count). The highest BCUT2D eigenvalue weighted by Crippen LogP contribution is 2.32. The van der Waals surface area contributed by atoms with E-state index in [2.05, 4.69) is 25.6 Å². The number of benzene rings is 2. The van der Waals surface area contributed by atoms with E-state index in [-0.39, 0.29) is 4.90 Å². The van der Waals surface area contributed by atoms with Crippen molar-refractivity contribution in [3.63, 3.8) is 0 Å². The number of hydrogen-bond acceptors (Lipinski definition) is 3. The van der Waals surface area contributed by atoms with E-state index in [0.29, 0.717) is 20.9 Å². The fourth-order valence-corrected chi connectivity index (χ4v) is 3.79. The van der Waals surface area contributed by atoms with Crippen molar-refractivity contribution >= 4 is 43.2 Å². The van der Waals surface area contributed by atoms with Crippen molar-refractivity contribution in [1.82, 2.24) is 4.98 Å². The minimum Gasteiger partial charge on any atom is -0.279 e. The van der Waals surface area contributed by atoms with Crippen molar-refractivity contribution in [3.8, 4) is 11.1 Å². The molecule has 0 aliphatic rings. The summed E-state index contributed by atoms with van der Waals surface area (Å²) in [5.41, 5.74) is 2.84. The molecule has 128 valence electrons. The van der Waals surface area contributed by atoms with Gasteiger partial charge >= 0.3 is 0 Å². The van der Waals surface area contributed by atoms with Gasteiger partial charge in [0.1, 0.15) is 4.60 Å². The molecule has 0 aliphatic heterocycles. The van der Waals surface area contributed by atoms with Crippen LogP contribution in [0.15, 0.2) is 70.3 Å². The van der Waals surface area contributed by atoms with Crippen molar-refractivity contribution in [3.05, 3.63) is 76.0 Å². The molecule has 1 aromatic heterocycles. The number of hydrogen-bond donors (Lipinski definition) is 1. The molecule has 0 saturated carbocycles. The number of sulfonamides is 1. The molecule has 0 amide bonds. The van der Waals surface area contributed by atoms with Crippen molar-refractivity contribution < 1.29 is 8.42 Å². The monoisotopic (exact) mass is 436 g/mol. The lowest BCUT2D eigenvalue weighted by atomic mass is 10.1. The van der Waals surface area contributed by atoms with Gasteiger partial charge in [0.05, 0.1) is 10.6 Å². The molecule has 1 heterocycles. The Morgan fingerprint density at radius 2 is 1.76 bits per heavy atom. The fourth-order valence-electron chi connectivity index (χ4n) is 2.30. The average Bonchev–Trinajstić information content (AvgIpc) is 2.57. The molecule has 0 radical (unpaired) electrons. The molecule has 0 unspecified atom stereocenters. The molecular formula is C18H14BrClN2O2S. The standard InChI is InChI=1S/C18H14BrClN2O2S/c1-12-2-6-15(7-3-12)25(23,24)22-17-8-5-14(20)10-16(17)13-4-9-18(19)21-11-13/h2-11,22H,1H3. The van der Waals surface area contributed by atoms with Gasteiger partial charge in [0.25, 0.3) is 10.0 Å². The summed E-state index contributed by atoms with van der Waals surface area (Å²) in [4.78, 5) is 4.39. The van der Waals surface area contributed by atoms with Crippen LogP contribution >= 0.6 is 27.5 Å². The van der Waals surface area contributed by atoms with Crippen molar-refractivity contribution in [2.24, 2.45) is 0 Å². The summed E-state index contributed by atoms with van der Waals surface area (Å²) in [5, 5.41) is 0.510. The van der Waals surface area contributed by atoms with Gasteiger partial charge in [-0.05, 0) is 59.3 Å². The van der Waals surface area contributed by atoms with Crippen molar-refractivity contribution in [1.29, 1.82) is 0 Å². The number of halogens is 2. The maximum Gasteiger partial charge on any atom is 0.261 e. The summed E-state index contributed by atoms with van der Waals surface area (Å²) in [5.74, 6) is 0. The van der Waals surface area contributed by atoms with Crippen LogP contribution in [0.3, 0.4) is 0 Å². The maximum atomic E-state index is 12.7. The molecule has 0 saturated heterocycles. The summed E-state index contributed by atoms with van der Waals surface area (Å²) in [6.07, 6.45) is 1.65.